The Hall–Kier alpha value is -0.890. The quantitative estimate of drug-likeness (QED) is 0.809. The first-order valence-corrected chi connectivity index (χ1v) is 6.73. The summed E-state index contributed by atoms with van der Waals surface area (Å²) < 4.78 is 5.70. The first-order chi connectivity index (χ1) is 8.01. The van der Waals surface area contributed by atoms with E-state index in [1.165, 1.54) is 4.88 Å². The topological polar surface area (TPSA) is 36.3 Å². The summed E-state index contributed by atoms with van der Waals surface area (Å²) in [5, 5.41) is 10.7. The van der Waals surface area contributed by atoms with Crippen LogP contribution in [0.25, 0.3) is 0 Å². The van der Waals surface area contributed by atoms with Gasteiger partial charge in [-0.3, -0.25) is 4.90 Å². The number of nitrogens with zero attached hydrogens (tertiary/aromatic N) is 2. The number of morpholine rings is 1. The van der Waals surface area contributed by atoms with E-state index in [9.17, 15) is 0 Å². The molecular formula is C13H18N2OS. The van der Waals surface area contributed by atoms with Crippen LogP contribution in [0.4, 0.5) is 0 Å². The van der Waals surface area contributed by atoms with Gasteiger partial charge in [-0.2, -0.15) is 5.26 Å². The zero-order valence-corrected chi connectivity index (χ0v) is 11.4. The largest absolute Gasteiger partial charge is 0.375 e. The fourth-order valence-electron chi connectivity index (χ4n) is 2.04. The van der Waals surface area contributed by atoms with E-state index in [1.807, 2.05) is 11.4 Å². The molecule has 0 saturated carbocycles. The average molecular weight is 250 g/mol. The zero-order valence-electron chi connectivity index (χ0n) is 10.6. The lowest BCUT2D eigenvalue weighted by Gasteiger charge is -2.44. The summed E-state index contributed by atoms with van der Waals surface area (Å²) in [5.41, 5.74) is 0.840. The van der Waals surface area contributed by atoms with E-state index < -0.39 is 0 Å². The second-order valence-electron chi connectivity index (χ2n) is 5.23. The lowest BCUT2D eigenvalue weighted by molar-refractivity contribution is -0.0946. The first-order valence-electron chi connectivity index (χ1n) is 5.85. The molecule has 1 aromatic rings. The summed E-state index contributed by atoms with van der Waals surface area (Å²) >= 11 is 1.66. The molecule has 2 rings (SSSR count). The van der Waals surface area contributed by atoms with E-state index in [4.69, 9.17) is 10.00 Å². The SMILES string of the molecule is CC1CN(Cc2cc(C#N)cs2)C(C)(C)CO1. The molecule has 1 fully saturated rings. The van der Waals surface area contributed by atoms with E-state index in [0.717, 1.165) is 25.3 Å². The summed E-state index contributed by atoms with van der Waals surface area (Å²) in [5.74, 6) is 0. The lowest BCUT2D eigenvalue weighted by Crippen LogP contribution is -2.54. The van der Waals surface area contributed by atoms with E-state index in [-0.39, 0.29) is 5.54 Å². The molecule has 1 unspecified atom stereocenters. The van der Waals surface area contributed by atoms with Crippen molar-refractivity contribution in [2.75, 3.05) is 13.2 Å². The predicted molar refractivity (Wildman–Crippen MR) is 68.9 cm³/mol. The molecule has 0 bridgehead atoms. The van der Waals surface area contributed by atoms with Gasteiger partial charge in [0.1, 0.15) is 6.07 Å². The monoisotopic (exact) mass is 250 g/mol. The van der Waals surface area contributed by atoms with Gasteiger partial charge in [0.25, 0.3) is 0 Å². The third-order valence-electron chi connectivity index (χ3n) is 3.18. The normalized spacial score (nSPS) is 24.5. The van der Waals surface area contributed by atoms with Crippen LogP contribution in [0.2, 0.25) is 0 Å². The molecular weight excluding hydrogens is 232 g/mol. The molecule has 17 heavy (non-hydrogen) atoms. The third-order valence-corrected chi connectivity index (χ3v) is 4.11. The average Bonchev–Trinajstić information content (AvgIpc) is 2.72. The molecule has 1 aliphatic rings. The Balaban J connectivity index is 2.08. The number of ether oxygens (including phenoxy) is 1. The fourth-order valence-corrected chi connectivity index (χ4v) is 2.86. The maximum absolute atomic E-state index is 8.82. The highest BCUT2D eigenvalue weighted by molar-refractivity contribution is 7.10. The minimum atomic E-state index is 0.0727. The molecule has 0 N–H and O–H groups in total. The summed E-state index contributed by atoms with van der Waals surface area (Å²) in [6.07, 6.45) is 0.290. The number of nitriles is 1. The molecule has 1 aromatic heterocycles. The van der Waals surface area contributed by atoms with Crippen molar-refractivity contribution < 1.29 is 4.74 Å². The maximum atomic E-state index is 8.82. The van der Waals surface area contributed by atoms with Crippen LogP contribution < -0.4 is 0 Å². The highest BCUT2D eigenvalue weighted by Crippen LogP contribution is 2.26. The van der Waals surface area contributed by atoms with E-state index in [0.29, 0.717) is 6.10 Å². The lowest BCUT2D eigenvalue weighted by atomic mass is 10.0. The van der Waals surface area contributed by atoms with E-state index in [1.54, 1.807) is 11.3 Å². The van der Waals surface area contributed by atoms with Gasteiger partial charge in [0.05, 0.1) is 18.3 Å². The van der Waals surface area contributed by atoms with Gasteiger partial charge in [0.2, 0.25) is 0 Å². The Morgan fingerprint density at radius 1 is 1.65 bits per heavy atom. The predicted octanol–water partition coefficient (Wildman–Crippen LogP) is 2.62. The Labute approximate surface area is 107 Å². The van der Waals surface area contributed by atoms with Crippen molar-refractivity contribution in [3.05, 3.63) is 21.9 Å². The minimum Gasteiger partial charge on any atom is -0.375 e. The number of hydrogen-bond acceptors (Lipinski definition) is 4. The van der Waals surface area contributed by atoms with Crippen molar-refractivity contribution in [3.63, 3.8) is 0 Å². The molecule has 2 heterocycles. The smallest absolute Gasteiger partial charge is 0.100 e. The van der Waals surface area contributed by atoms with Gasteiger partial charge in [0.15, 0.2) is 0 Å². The van der Waals surface area contributed by atoms with Gasteiger partial charge in [-0.05, 0) is 26.8 Å². The van der Waals surface area contributed by atoms with Gasteiger partial charge in [-0.25, -0.2) is 0 Å². The van der Waals surface area contributed by atoms with Crippen LogP contribution in [0, 0.1) is 11.3 Å². The molecule has 1 aliphatic heterocycles. The second-order valence-corrected chi connectivity index (χ2v) is 6.22. The van der Waals surface area contributed by atoms with Crippen LogP contribution in [-0.2, 0) is 11.3 Å². The molecule has 0 spiro atoms. The van der Waals surface area contributed by atoms with Gasteiger partial charge in [0, 0.05) is 28.9 Å². The van der Waals surface area contributed by atoms with Crippen LogP contribution >= 0.6 is 11.3 Å². The summed E-state index contributed by atoms with van der Waals surface area (Å²) in [4.78, 5) is 3.69. The molecule has 3 nitrogen and oxygen atoms in total. The van der Waals surface area contributed by atoms with Crippen LogP contribution in [0.3, 0.4) is 0 Å². The first kappa shape index (κ1) is 12.6. The molecule has 0 amide bonds. The van der Waals surface area contributed by atoms with Crippen molar-refractivity contribution in [1.82, 2.24) is 4.90 Å². The molecule has 0 aromatic carbocycles. The standard InChI is InChI=1S/C13H18N2OS/c1-10-6-15(13(2,3)9-16-10)7-12-4-11(5-14)8-17-12/h4,8,10H,6-7,9H2,1-3H3. The number of rotatable bonds is 2. The summed E-state index contributed by atoms with van der Waals surface area (Å²) in [7, 11) is 0. The highest BCUT2D eigenvalue weighted by atomic mass is 32.1. The van der Waals surface area contributed by atoms with Gasteiger partial charge in [-0.1, -0.05) is 0 Å². The van der Waals surface area contributed by atoms with E-state index in [2.05, 4.69) is 31.7 Å². The van der Waals surface area contributed by atoms with Gasteiger partial charge < -0.3 is 4.74 Å². The van der Waals surface area contributed by atoms with Crippen LogP contribution in [0.1, 0.15) is 31.2 Å². The van der Waals surface area contributed by atoms with Crippen molar-refractivity contribution in [2.45, 2.75) is 39.0 Å². The fraction of sp³-hybridized carbons (Fsp3) is 0.615. The minimum absolute atomic E-state index is 0.0727. The summed E-state index contributed by atoms with van der Waals surface area (Å²) in [6.45, 7) is 9.15. The van der Waals surface area contributed by atoms with Crippen molar-refractivity contribution >= 4 is 11.3 Å². The van der Waals surface area contributed by atoms with Gasteiger partial charge >= 0.3 is 0 Å². The van der Waals surface area contributed by atoms with Crippen molar-refractivity contribution in [3.8, 4) is 6.07 Å². The molecule has 4 heteroatoms. The molecule has 1 saturated heterocycles. The number of thiophene rings is 1. The Morgan fingerprint density at radius 2 is 2.41 bits per heavy atom. The van der Waals surface area contributed by atoms with Crippen LogP contribution in [0.5, 0.6) is 0 Å². The third kappa shape index (κ3) is 2.86. The second kappa shape index (κ2) is 4.77. The maximum Gasteiger partial charge on any atom is 0.100 e. The van der Waals surface area contributed by atoms with Crippen molar-refractivity contribution in [1.29, 1.82) is 5.26 Å². The van der Waals surface area contributed by atoms with E-state index >= 15 is 0 Å². The Kier molecular flexibility index (Phi) is 3.53. The molecule has 0 radical (unpaired) electrons. The molecule has 0 aliphatic carbocycles. The van der Waals surface area contributed by atoms with Crippen LogP contribution in [0.15, 0.2) is 11.4 Å². The van der Waals surface area contributed by atoms with Crippen molar-refractivity contribution in [2.24, 2.45) is 0 Å². The highest BCUT2D eigenvalue weighted by Gasteiger charge is 2.33. The zero-order chi connectivity index (χ0) is 12.5. The van der Waals surface area contributed by atoms with Gasteiger partial charge in [-0.15, -0.1) is 11.3 Å². The summed E-state index contributed by atoms with van der Waals surface area (Å²) in [6, 6.07) is 4.17. The molecule has 92 valence electrons. The Morgan fingerprint density at radius 3 is 3.06 bits per heavy atom. The number of hydrogen-bond donors (Lipinski definition) is 0. The van der Waals surface area contributed by atoms with Crippen LogP contribution in [-0.4, -0.2) is 29.7 Å². The molecule has 1 atom stereocenters. The Bertz CT molecular complexity index is 433.